The summed E-state index contributed by atoms with van der Waals surface area (Å²) in [6, 6.07) is 21.1. The molecule has 0 fully saturated rings. The van der Waals surface area contributed by atoms with Gasteiger partial charge in [-0.15, -0.1) is 0 Å². The van der Waals surface area contributed by atoms with Gasteiger partial charge in [0.15, 0.2) is 0 Å². The van der Waals surface area contributed by atoms with Crippen LogP contribution in [0.25, 0.3) is 11.1 Å². The average molecular weight is 373 g/mol. The molecule has 0 aromatic heterocycles. The fourth-order valence-electron chi connectivity index (χ4n) is 2.86. The minimum Gasteiger partial charge on any atom is -0.481 e. The number of amides is 1. The van der Waals surface area contributed by atoms with Crippen molar-refractivity contribution in [1.29, 1.82) is 5.41 Å². The van der Waals surface area contributed by atoms with Gasteiger partial charge < -0.3 is 16.2 Å². The van der Waals surface area contributed by atoms with Gasteiger partial charge in [0.05, 0.1) is 6.42 Å². The highest BCUT2D eigenvalue weighted by molar-refractivity contribution is 6.05. The molecular weight excluding hydrogens is 354 g/mol. The predicted molar refractivity (Wildman–Crippen MR) is 109 cm³/mol. The molecule has 0 saturated heterocycles. The van der Waals surface area contributed by atoms with Crippen molar-refractivity contribution in [3.63, 3.8) is 0 Å². The second-order valence-electron chi connectivity index (χ2n) is 6.26. The number of amidine groups is 1. The van der Waals surface area contributed by atoms with E-state index >= 15 is 0 Å². The molecule has 0 aliphatic heterocycles. The Morgan fingerprint density at radius 1 is 0.893 bits per heavy atom. The number of rotatable bonds is 6. The van der Waals surface area contributed by atoms with Crippen molar-refractivity contribution in [2.45, 2.75) is 6.42 Å². The summed E-state index contributed by atoms with van der Waals surface area (Å²) in [5.74, 6) is -1.32. The first-order chi connectivity index (χ1) is 13.4. The number of anilines is 1. The summed E-state index contributed by atoms with van der Waals surface area (Å²) in [6.07, 6.45) is -0.172. The van der Waals surface area contributed by atoms with Crippen molar-refractivity contribution in [3.8, 4) is 11.1 Å². The number of carboxylic acid groups (broad SMARTS) is 1. The third-order valence-electron chi connectivity index (χ3n) is 4.24. The summed E-state index contributed by atoms with van der Waals surface area (Å²) >= 11 is 0. The lowest BCUT2D eigenvalue weighted by Crippen LogP contribution is -2.14. The number of nitrogens with one attached hydrogen (secondary N) is 2. The van der Waals surface area contributed by atoms with E-state index in [4.69, 9.17) is 16.2 Å². The average Bonchev–Trinajstić information content (AvgIpc) is 2.69. The molecule has 0 saturated carbocycles. The highest BCUT2D eigenvalue weighted by Crippen LogP contribution is 2.23. The molecule has 0 aliphatic carbocycles. The zero-order valence-corrected chi connectivity index (χ0v) is 15.0. The number of nitrogens with two attached hydrogens (primary N) is 1. The zero-order valence-electron chi connectivity index (χ0n) is 15.0. The van der Waals surface area contributed by atoms with Crippen molar-refractivity contribution in [2.24, 2.45) is 5.73 Å². The molecule has 0 spiro atoms. The number of benzene rings is 3. The number of aliphatic carboxylic acids is 1. The third kappa shape index (κ3) is 4.42. The van der Waals surface area contributed by atoms with Crippen LogP contribution in [0.5, 0.6) is 0 Å². The molecule has 140 valence electrons. The smallest absolute Gasteiger partial charge is 0.307 e. The minimum atomic E-state index is -0.964. The van der Waals surface area contributed by atoms with Crippen molar-refractivity contribution in [2.75, 3.05) is 5.32 Å². The molecule has 0 atom stereocenters. The van der Waals surface area contributed by atoms with E-state index in [1.807, 2.05) is 12.1 Å². The first-order valence-corrected chi connectivity index (χ1v) is 8.60. The summed E-state index contributed by atoms with van der Waals surface area (Å²) in [5.41, 5.74) is 9.26. The van der Waals surface area contributed by atoms with E-state index in [-0.39, 0.29) is 18.2 Å². The van der Waals surface area contributed by atoms with Gasteiger partial charge in [-0.2, -0.15) is 0 Å². The topological polar surface area (TPSA) is 116 Å². The quantitative estimate of drug-likeness (QED) is 0.391. The van der Waals surface area contributed by atoms with E-state index in [0.717, 1.165) is 11.1 Å². The largest absolute Gasteiger partial charge is 0.481 e. The summed E-state index contributed by atoms with van der Waals surface area (Å²) in [6.45, 7) is 0. The number of hydrogen-bond donors (Lipinski definition) is 4. The van der Waals surface area contributed by atoms with Gasteiger partial charge in [-0.1, -0.05) is 48.5 Å². The Bertz CT molecular complexity index is 1060. The summed E-state index contributed by atoms with van der Waals surface area (Å²) in [5, 5.41) is 19.4. The van der Waals surface area contributed by atoms with Gasteiger partial charge in [-0.05, 0) is 41.0 Å². The molecule has 0 radical (unpaired) electrons. The fraction of sp³-hybridized carbons (Fsp3) is 0.0455. The van der Waals surface area contributed by atoms with Gasteiger partial charge in [0.1, 0.15) is 5.84 Å². The minimum absolute atomic E-state index is 0.0224. The maximum absolute atomic E-state index is 12.7. The number of carbonyl (C=O) groups excluding carboxylic acids is 1. The molecule has 3 rings (SSSR count). The maximum Gasteiger partial charge on any atom is 0.307 e. The zero-order chi connectivity index (χ0) is 20.1. The number of carbonyl (C=O) groups is 2. The first-order valence-electron chi connectivity index (χ1n) is 8.60. The number of nitrogen functional groups attached to an aromatic ring is 1. The van der Waals surface area contributed by atoms with Crippen molar-refractivity contribution in [3.05, 3.63) is 89.5 Å². The third-order valence-corrected chi connectivity index (χ3v) is 4.24. The molecule has 0 unspecified atom stereocenters. The van der Waals surface area contributed by atoms with Gasteiger partial charge in [-0.3, -0.25) is 15.0 Å². The van der Waals surface area contributed by atoms with E-state index < -0.39 is 5.97 Å². The lowest BCUT2D eigenvalue weighted by Gasteiger charge is -2.11. The van der Waals surface area contributed by atoms with Crippen LogP contribution in [0.3, 0.4) is 0 Å². The van der Waals surface area contributed by atoms with Crippen LogP contribution >= 0.6 is 0 Å². The molecule has 6 heteroatoms. The van der Waals surface area contributed by atoms with Crippen molar-refractivity contribution in [1.82, 2.24) is 0 Å². The molecular formula is C22H19N3O3. The van der Waals surface area contributed by atoms with Crippen LogP contribution in [0.15, 0.2) is 72.8 Å². The SMILES string of the molecule is N=C(N)c1cccc(-c2cccc(C(=O)Nc3ccccc3CC(=O)O)c2)c1. The Balaban J connectivity index is 1.87. The van der Waals surface area contributed by atoms with E-state index in [1.54, 1.807) is 60.7 Å². The van der Waals surface area contributed by atoms with Gasteiger partial charge in [0.25, 0.3) is 5.91 Å². The monoisotopic (exact) mass is 373 g/mol. The van der Waals surface area contributed by atoms with Crippen LogP contribution < -0.4 is 11.1 Å². The molecule has 1 amide bonds. The predicted octanol–water partition coefficient (Wildman–Crippen LogP) is 3.52. The Labute approximate surface area is 162 Å². The molecule has 3 aromatic carbocycles. The van der Waals surface area contributed by atoms with Crippen LogP contribution in [0, 0.1) is 5.41 Å². The van der Waals surface area contributed by atoms with Crippen LogP contribution in [0.2, 0.25) is 0 Å². The molecule has 0 bridgehead atoms. The summed E-state index contributed by atoms with van der Waals surface area (Å²) in [4.78, 5) is 23.7. The van der Waals surface area contributed by atoms with E-state index in [9.17, 15) is 9.59 Å². The van der Waals surface area contributed by atoms with Gasteiger partial charge in [0, 0.05) is 16.8 Å². The number of para-hydroxylation sites is 1. The maximum atomic E-state index is 12.7. The molecule has 6 nitrogen and oxygen atoms in total. The number of carboxylic acids is 1. The van der Waals surface area contributed by atoms with Crippen LogP contribution in [-0.2, 0) is 11.2 Å². The normalized spacial score (nSPS) is 10.3. The Hall–Kier alpha value is -3.93. The Morgan fingerprint density at radius 3 is 2.14 bits per heavy atom. The van der Waals surface area contributed by atoms with E-state index in [1.165, 1.54) is 0 Å². The lowest BCUT2D eigenvalue weighted by atomic mass is 10.0. The Kier molecular flexibility index (Phi) is 5.50. The molecule has 28 heavy (non-hydrogen) atoms. The highest BCUT2D eigenvalue weighted by Gasteiger charge is 2.12. The second-order valence-corrected chi connectivity index (χ2v) is 6.26. The standard InChI is InChI=1S/C22H19N3O3/c23-21(24)17-8-3-6-14(11-17)15-7-4-9-18(12-15)22(28)25-19-10-2-1-5-16(19)13-20(26)27/h1-12H,13H2,(H3,23,24)(H,25,28)(H,26,27). The van der Waals surface area contributed by atoms with Crippen LogP contribution in [0.4, 0.5) is 5.69 Å². The van der Waals surface area contributed by atoms with E-state index in [0.29, 0.717) is 22.4 Å². The molecule has 5 N–H and O–H groups in total. The molecule has 0 heterocycles. The van der Waals surface area contributed by atoms with Crippen LogP contribution in [0.1, 0.15) is 21.5 Å². The number of hydrogen-bond acceptors (Lipinski definition) is 3. The summed E-state index contributed by atoms with van der Waals surface area (Å²) in [7, 11) is 0. The van der Waals surface area contributed by atoms with Gasteiger partial charge in [-0.25, -0.2) is 0 Å². The molecule has 3 aromatic rings. The van der Waals surface area contributed by atoms with Crippen molar-refractivity contribution < 1.29 is 14.7 Å². The van der Waals surface area contributed by atoms with Gasteiger partial charge in [0.2, 0.25) is 0 Å². The first kappa shape index (κ1) is 18.8. The van der Waals surface area contributed by atoms with E-state index in [2.05, 4.69) is 5.32 Å². The Morgan fingerprint density at radius 2 is 1.50 bits per heavy atom. The highest BCUT2D eigenvalue weighted by atomic mass is 16.4. The second kappa shape index (κ2) is 8.18. The fourth-order valence-corrected chi connectivity index (χ4v) is 2.86. The van der Waals surface area contributed by atoms with Crippen LogP contribution in [-0.4, -0.2) is 22.8 Å². The van der Waals surface area contributed by atoms with Crippen molar-refractivity contribution >= 4 is 23.4 Å². The summed E-state index contributed by atoms with van der Waals surface area (Å²) < 4.78 is 0. The molecule has 0 aliphatic rings. The lowest BCUT2D eigenvalue weighted by molar-refractivity contribution is -0.136. The van der Waals surface area contributed by atoms with Gasteiger partial charge >= 0.3 is 5.97 Å².